The number of fused-ring (bicyclic) bond motifs is 2. The lowest BCUT2D eigenvalue weighted by Gasteiger charge is -2.06. The van der Waals surface area contributed by atoms with E-state index in [-0.39, 0.29) is 5.91 Å². The van der Waals surface area contributed by atoms with Crippen LogP contribution in [-0.4, -0.2) is 32.4 Å². The maximum Gasteiger partial charge on any atom is 0.255 e. The Kier molecular flexibility index (Phi) is 3.38. The van der Waals surface area contributed by atoms with Crippen molar-refractivity contribution in [3.05, 3.63) is 48.4 Å². The molecule has 4 aromatic rings. The highest BCUT2D eigenvalue weighted by Gasteiger charge is 2.15. The first-order valence-electron chi connectivity index (χ1n) is 7.62. The van der Waals surface area contributed by atoms with Crippen LogP contribution in [0.15, 0.2) is 42.9 Å². The summed E-state index contributed by atoms with van der Waals surface area (Å²) in [4.78, 5) is 26.9. The highest BCUT2D eigenvalue weighted by Crippen LogP contribution is 2.29. The van der Waals surface area contributed by atoms with Gasteiger partial charge in [0.25, 0.3) is 5.91 Å². The normalized spacial score (nSPS) is 11.0. The second-order valence-corrected chi connectivity index (χ2v) is 5.26. The van der Waals surface area contributed by atoms with Gasteiger partial charge in [0.1, 0.15) is 11.3 Å². The fraction of sp³-hybridized carbons (Fsp3) is 0.118. The molecular weight excluding hydrogens is 306 g/mol. The lowest BCUT2D eigenvalue weighted by molar-refractivity contribution is 0.0957. The summed E-state index contributed by atoms with van der Waals surface area (Å²) in [6.07, 6.45) is 4.99. The number of nitrogens with one attached hydrogen (secondary N) is 3. The number of H-pyrrole nitrogens is 2. The summed E-state index contributed by atoms with van der Waals surface area (Å²) in [5, 5.41) is 3.71. The number of aromatic nitrogens is 4. The number of rotatable bonds is 4. The molecule has 0 aliphatic heterocycles. The van der Waals surface area contributed by atoms with Crippen LogP contribution in [0, 0.1) is 0 Å². The SMILES string of the molecule is CCNC(=O)c1c[nH]c2ncc(Oc3cccc4[nH]ccc34)nc12. The number of nitrogens with zero attached hydrogens (tertiary/aromatic N) is 2. The summed E-state index contributed by atoms with van der Waals surface area (Å²) in [5.41, 5.74) is 2.46. The third kappa shape index (κ3) is 2.36. The van der Waals surface area contributed by atoms with Crippen molar-refractivity contribution in [3.8, 4) is 11.6 Å². The zero-order valence-corrected chi connectivity index (χ0v) is 13.0. The van der Waals surface area contributed by atoms with Crippen molar-refractivity contribution in [1.29, 1.82) is 0 Å². The van der Waals surface area contributed by atoms with E-state index in [2.05, 4.69) is 25.3 Å². The van der Waals surface area contributed by atoms with Gasteiger partial charge in [-0.05, 0) is 25.1 Å². The zero-order valence-electron chi connectivity index (χ0n) is 13.0. The lowest BCUT2D eigenvalue weighted by Crippen LogP contribution is -2.22. The Morgan fingerprint density at radius 3 is 3.08 bits per heavy atom. The first-order valence-corrected chi connectivity index (χ1v) is 7.62. The molecule has 0 radical (unpaired) electrons. The molecule has 3 aromatic heterocycles. The van der Waals surface area contributed by atoms with Gasteiger partial charge in [-0.25, -0.2) is 9.97 Å². The molecule has 0 unspecified atom stereocenters. The van der Waals surface area contributed by atoms with Gasteiger partial charge in [0.2, 0.25) is 5.88 Å². The van der Waals surface area contributed by atoms with Gasteiger partial charge in [-0.15, -0.1) is 0 Å². The average molecular weight is 321 g/mol. The minimum absolute atomic E-state index is 0.192. The summed E-state index contributed by atoms with van der Waals surface area (Å²) in [5.74, 6) is 0.821. The molecule has 1 aromatic carbocycles. The summed E-state index contributed by atoms with van der Waals surface area (Å²) in [7, 11) is 0. The van der Waals surface area contributed by atoms with Gasteiger partial charge < -0.3 is 20.0 Å². The van der Waals surface area contributed by atoms with Crippen molar-refractivity contribution in [2.45, 2.75) is 6.92 Å². The van der Waals surface area contributed by atoms with Crippen LogP contribution in [0.25, 0.3) is 22.1 Å². The van der Waals surface area contributed by atoms with Crippen LogP contribution in [0.2, 0.25) is 0 Å². The van der Waals surface area contributed by atoms with Crippen molar-refractivity contribution >= 4 is 28.0 Å². The number of hydrogen-bond donors (Lipinski definition) is 3. The van der Waals surface area contributed by atoms with Crippen LogP contribution >= 0.6 is 0 Å². The number of ether oxygens (including phenoxy) is 1. The molecule has 7 nitrogen and oxygen atoms in total. The number of carbonyl (C=O) groups excluding carboxylic acids is 1. The van der Waals surface area contributed by atoms with E-state index in [0.29, 0.717) is 34.9 Å². The van der Waals surface area contributed by atoms with Crippen LogP contribution < -0.4 is 10.1 Å². The van der Waals surface area contributed by atoms with Crippen molar-refractivity contribution in [1.82, 2.24) is 25.3 Å². The molecule has 0 fully saturated rings. The minimum atomic E-state index is -0.192. The molecule has 0 aliphatic rings. The standard InChI is InChI=1S/C17H15N5O2/c1-2-18-17(23)11-8-20-16-15(11)22-14(9-21-16)24-13-5-3-4-12-10(13)6-7-19-12/h3-9,19H,2H2,1H3,(H,18,23)(H,20,21). The molecule has 0 bridgehead atoms. The number of amides is 1. The molecule has 0 atom stereocenters. The van der Waals surface area contributed by atoms with Gasteiger partial charge in [-0.3, -0.25) is 4.79 Å². The molecule has 1 amide bonds. The van der Waals surface area contributed by atoms with Gasteiger partial charge in [0.05, 0.1) is 11.8 Å². The smallest absolute Gasteiger partial charge is 0.255 e. The Hall–Kier alpha value is -3.35. The van der Waals surface area contributed by atoms with E-state index in [0.717, 1.165) is 10.9 Å². The summed E-state index contributed by atoms with van der Waals surface area (Å²) >= 11 is 0. The second kappa shape index (κ2) is 5.69. The molecule has 7 heteroatoms. The number of hydrogen-bond acceptors (Lipinski definition) is 4. The molecular formula is C17H15N5O2. The van der Waals surface area contributed by atoms with Gasteiger partial charge in [0, 0.05) is 29.8 Å². The highest BCUT2D eigenvalue weighted by molar-refractivity contribution is 6.04. The quantitative estimate of drug-likeness (QED) is 0.538. The number of aromatic amines is 2. The Labute approximate surface area is 137 Å². The first kappa shape index (κ1) is 14.3. The van der Waals surface area contributed by atoms with Crippen LogP contribution in [0.4, 0.5) is 0 Å². The highest BCUT2D eigenvalue weighted by atomic mass is 16.5. The van der Waals surface area contributed by atoms with E-state index in [1.807, 2.05) is 37.4 Å². The third-order valence-electron chi connectivity index (χ3n) is 3.71. The minimum Gasteiger partial charge on any atom is -0.437 e. The van der Waals surface area contributed by atoms with E-state index >= 15 is 0 Å². The van der Waals surface area contributed by atoms with Crippen molar-refractivity contribution < 1.29 is 9.53 Å². The van der Waals surface area contributed by atoms with Gasteiger partial charge >= 0.3 is 0 Å². The largest absolute Gasteiger partial charge is 0.437 e. The summed E-state index contributed by atoms with van der Waals surface area (Å²) in [6.45, 7) is 2.41. The predicted molar refractivity (Wildman–Crippen MR) is 90.3 cm³/mol. The van der Waals surface area contributed by atoms with E-state index in [1.165, 1.54) is 6.20 Å². The van der Waals surface area contributed by atoms with E-state index in [9.17, 15) is 4.79 Å². The van der Waals surface area contributed by atoms with Crippen molar-refractivity contribution in [2.75, 3.05) is 6.54 Å². The molecule has 120 valence electrons. The van der Waals surface area contributed by atoms with Crippen molar-refractivity contribution in [2.24, 2.45) is 0 Å². The molecule has 0 saturated heterocycles. The monoisotopic (exact) mass is 321 g/mol. The molecule has 0 spiro atoms. The lowest BCUT2D eigenvalue weighted by atomic mass is 10.2. The Balaban J connectivity index is 1.73. The Morgan fingerprint density at radius 2 is 2.21 bits per heavy atom. The predicted octanol–water partition coefficient (Wildman–Crippen LogP) is 2.98. The van der Waals surface area contributed by atoms with Crippen LogP contribution in [0.3, 0.4) is 0 Å². The Bertz CT molecular complexity index is 1030. The molecule has 3 N–H and O–H groups in total. The molecule has 3 heterocycles. The maximum absolute atomic E-state index is 12.1. The summed E-state index contributed by atoms with van der Waals surface area (Å²) < 4.78 is 5.88. The fourth-order valence-electron chi connectivity index (χ4n) is 2.61. The van der Waals surface area contributed by atoms with Crippen molar-refractivity contribution in [3.63, 3.8) is 0 Å². The van der Waals surface area contributed by atoms with Gasteiger partial charge in [0.15, 0.2) is 5.65 Å². The summed E-state index contributed by atoms with van der Waals surface area (Å²) in [6, 6.07) is 7.67. The Morgan fingerprint density at radius 1 is 1.29 bits per heavy atom. The van der Waals surface area contributed by atoms with Gasteiger partial charge in [-0.1, -0.05) is 6.07 Å². The maximum atomic E-state index is 12.1. The third-order valence-corrected chi connectivity index (χ3v) is 3.71. The zero-order chi connectivity index (χ0) is 16.5. The fourth-order valence-corrected chi connectivity index (χ4v) is 2.61. The number of carbonyl (C=O) groups is 1. The van der Waals surface area contributed by atoms with E-state index in [4.69, 9.17) is 4.74 Å². The van der Waals surface area contributed by atoms with E-state index < -0.39 is 0 Å². The topological polar surface area (TPSA) is 95.7 Å². The second-order valence-electron chi connectivity index (χ2n) is 5.26. The number of benzene rings is 1. The van der Waals surface area contributed by atoms with Gasteiger partial charge in [-0.2, -0.15) is 0 Å². The molecule has 0 aliphatic carbocycles. The first-order chi connectivity index (χ1) is 11.8. The average Bonchev–Trinajstić information content (AvgIpc) is 3.22. The molecule has 24 heavy (non-hydrogen) atoms. The molecule has 0 saturated carbocycles. The van der Waals surface area contributed by atoms with E-state index in [1.54, 1.807) is 6.20 Å². The van der Waals surface area contributed by atoms with Crippen LogP contribution in [0.5, 0.6) is 11.6 Å². The van der Waals surface area contributed by atoms with Crippen LogP contribution in [-0.2, 0) is 0 Å². The van der Waals surface area contributed by atoms with Crippen LogP contribution in [0.1, 0.15) is 17.3 Å². The molecule has 4 rings (SSSR count).